The molecule has 0 aromatic rings. The Labute approximate surface area is 101 Å². The summed E-state index contributed by atoms with van der Waals surface area (Å²) in [5.41, 5.74) is 5.42. The molecular weight excluding hydrogens is 222 g/mol. The van der Waals surface area contributed by atoms with Crippen LogP contribution in [0.25, 0.3) is 0 Å². The Hall–Kier alpha value is 0.479. The van der Waals surface area contributed by atoms with Crippen molar-refractivity contribution in [3.05, 3.63) is 0 Å². The maximum atomic E-state index is 5.42. The smallest absolute Gasteiger partial charge is 0 e. The summed E-state index contributed by atoms with van der Waals surface area (Å²) in [6.07, 6.45) is 13.9. The zero-order valence-electron chi connectivity index (χ0n) is 9.66. The molecule has 2 heteroatoms. The second-order valence-electron chi connectivity index (χ2n) is 3.97. The van der Waals surface area contributed by atoms with E-state index in [4.69, 9.17) is 5.73 Å². The summed E-state index contributed by atoms with van der Waals surface area (Å²) in [5, 5.41) is 0. The maximum absolute atomic E-state index is 5.42. The molecule has 0 amide bonds. The molecule has 0 bridgehead atoms. The van der Waals surface area contributed by atoms with Crippen LogP contribution in [0.4, 0.5) is 0 Å². The molecule has 91 valence electrons. The first-order valence-corrected chi connectivity index (χ1v) is 6.12. The van der Waals surface area contributed by atoms with E-state index < -0.39 is 0 Å². The Bertz CT molecular complexity index is 76.4. The normalized spacial score (nSPS) is 9.86. The average molecular weight is 249 g/mol. The summed E-state index contributed by atoms with van der Waals surface area (Å²) in [5.74, 6) is 0. The molecule has 2 N–H and O–H groups in total. The Morgan fingerprint density at radius 2 is 1.00 bits per heavy atom. The standard InChI is InChI=1S/C12H27N.Cu/c1-2-3-4-5-6-7-8-9-10-11-12-13;/h2-13H2,1H3;. The van der Waals surface area contributed by atoms with E-state index in [0.717, 1.165) is 6.54 Å². The van der Waals surface area contributed by atoms with Crippen LogP contribution in [-0.4, -0.2) is 6.54 Å². The number of nitrogens with two attached hydrogens (primary N) is 1. The Morgan fingerprint density at radius 3 is 1.36 bits per heavy atom. The molecule has 0 aliphatic rings. The fraction of sp³-hybridized carbons (Fsp3) is 1.00. The van der Waals surface area contributed by atoms with Crippen molar-refractivity contribution < 1.29 is 17.1 Å². The second kappa shape index (κ2) is 15.9. The predicted molar refractivity (Wildman–Crippen MR) is 60.9 cm³/mol. The van der Waals surface area contributed by atoms with Gasteiger partial charge in [-0.15, -0.1) is 0 Å². The molecule has 0 saturated carbocycles. The number of unbranched alkanes of at least 4 members (excludes halogenated alkanes) is 9. The summed E-state index contributed by atoms with van der Waals surface area (Å²) in [7, 11) is 0. The van der Waals surface area contributed by atoms with Gasteiger partial charge >= 0.3 is 0 Å². The van der Waals surface area contributed by atoms with Crippen LogP contribution in [0.3, 0.4) is 0 Å². The van der Waals surface area contributed by atoms with E-state index in [1.54, 1.807) is 0 Å². The van der Waals surface area contributed by atoms with E-state index in [2.05, 4.69) is 6.92 Å². The zero-order valence-corrected chi connectivity index (χ0v) is 10.6. The Balaban J connectivity index is 0. The quantitative estimate of drug-likeness (QED) is 0.461. The second-order valence-corrected chi connectivity index (χ2v) is 3.97. The average Bonchev–Trinajstić information content (AvgIpc) is 2.16. The summed E-state index contributed by atoms with van der Waals surface area (Å²) >= 11 is 0. The van der Waals surface area contributed by atoms with E-state index in [1.807, 2.05) is 0 Å². The van der Waals surface area contributed by atoms with Gasteiger partial charge in [-0.3, -0.25) is 0 Å². The minimum absolute atomic E-state index is 0. The van der Waals surface area contributed by atoms with Crippen LogP contribution in [0, 0.1) is 0 Å². The van der Waals surface area contributed by atoms with Gasteiger partial charge in [-0.2, -0.15) is 0 Å². The van der Waals surface area contributed by atoms with Crippen LogP contribution in [0.2, 0.25) is 0 Å². The van der Waals surface area contributed by atoms with Crippen LogP contribution < -0.4 is 5.73 Å². The maximum Gasteiger partial charge on any atom is 0 e. The molecule has 0 spiro atoms. The number of hydrogen-bond donors (Lipinski definition) is 1. The molecule has 0 aliphatic carbocycles. The van der Waals surface area contributed by atoms with E-state index in [1.165, 1.54) is 64.2 Å². The fourth-order valence-corrected chi connectivity index (χ4v) is 1.63. The molecule has 14 heavy (non-hydrogen) atoms. The minimum Gasteiger partial charge on any atom is -0.330 e. The van der Waals surface area contributed by atoms with E-state index in [0.29, 0.717) is 0 Å². The first kappa shape index (κ1) is 16.9. The molecule has 0 fully saturated rings. The van der Waals surface area contributed by atoms with Crippen molar-refractivity contribution in [2.24, 2.45) is 5.73 Å². The first-order valence-electron chi connectivity index (χ1n) is 6.12. The van der Waals surface area contributed by atoms with E-state index >= 15 is 0 Å². The van der Waals surface area contributed by atoms with Crippen molar-refractivity contribution >= 4 is 0 Å². The van der Waals surface area contributed by atoms with Crippen molar-refractivity contribution in [3.63, 3.8) is 0 Å². The Kier molecular flexibility index (Phi) is 19.2. The van der Waals surface area contributed by atoms with Crippen molar-refractivity contribution in [1.29, 1.82) is 0 Å². The number of hydrogen-bond acceptors (Lipinski definition) is 1. The minimum atomic E-state index is 0. The van der Waals surface area contributed by atoms with Crippen molar-refractivity contribution in [2.45, 2.75) is 71.1 Å². The molecule has 0 unspecified atom stereocenters. The molecule has 0 heterocycles. The molecule has 0 aromatic heterocycles. The third-order valence-corrected chi connectivity index (χ3v) is 2.56. The van der Waals surface area contributed by atoms with E-state index in [9.17, 15) is 0 Å². The molecule has 0 atom stereocenters. The van der Waals surface area contributed by atoms with Gasteiger partial charge in [-0.05, 0) is 13.0 Å². The number of rotatable bonds is 10. The summed E-state index contributed by atoms with van der Waals surface area (Å²) < 4.78 is 0. The van der Waals surface area contributed by atoms with Gasteiger partial charge in [-0.1, -0.05) is 64.7 Å². The third kappa shape index (κ3) is 15.0. The van der Waals surface area contributed by atoms with Gasteiger partial charge in [0.2, 0.25) is 0 Å². The van der Waals surface area contributed by atoms with Gasteiger partial charge in [0.15, 0.2) is 0 Å². The van der Waals surface area contributed by atoms with Gasteiger partial charge < -0.3 is 5.73 Å². The molecule has 1 nitrogen and oxygen atoms in total. The summed E-state index contributed by atoms with van der Waals surface area (Å²) in [6, 6.07) is 0. The molecule has 0 aliphatic heterocycles. The molecular formula is C12H27CuN. The molecule has 0 rings (SSSR count). The molecule has 0 saturated heterocycles. The van der Waals surface area contributed by atoms with Crippen LogP contribution in [0.5, 0.6) is 0 Å². The van der Waals surface area contributed by atoms with Gasteiger partial charge in [0.05, 0.1) is 0 Å². The monoisotopic (exact) mass is 248 g/mol. The van der Waals surface area contributed by atoms with Gasteiger partial charge in [0, 0.05) is 17.1 Å². The SMILES string of the molecule is CCCCCCCCCCCCN.[Cu]. The molecule has 1 radical (unpaired) electrons. The van der Waals surface area contributed by atoms with Crippen molar-refractivity contribution in [2.75, 3.05) is 6.54 Å². The first-order chi connectivity index (χ1) is 6.41. The zero-order chi connectivity index (χ0) is 9.78. The largest absolute Gasteiger partial charge is 0.330 e. The van der Waals surface area contributed by atoms with Crippen molar-refractivity contribution in [3.8, 4) is 0 Å². The van der Waals surface area contributed by atoms with Crippen molar-refractivity contribution in [1.82, 2.24) is 0 Å². The van der Waals surface area contributed by atoms with Gasteiger partial charge in [-0.25, -0.2) is 0 Å². The van der Waals surface area contributed by atoms with Gasteiger partial charge in [0.25, 0.3) is 0 Å². The topological polar surface area (TPSA) is 26.0 Å². The summed E-state index contributed by atoms with van der Waals surface area (Å²) in [4.78, 5) is 0. The Morgan fingerprint density at radius 1 is 0.643 bits per heavy atom. The van der Waals surface area contributed by atoms with E-state index in [-0.39, 0.29) is 17.1 Å². The van der Waals surface area contributed by atoms with Crippen LogP contribution in [-0.2, 0) is 17.1 Å². The fourth-order valence-electron chi connectivity index (χ4n) is 1.63. The molecule has 0 aromatic carbocycles. The van der Waals surface area contributed by atoms with Gasteiger partial charge in [0.1, 0.15) is 0 Å². The third-order valence-electron chi connectivity index (χ3n) is 2.56. The van der Waals surface area contributed by atoms with Crippen LogP contribution in [0.15, 0.2) is 0 Å². The predicted octanol–water partition coefficient (Wildman–Crippen LogP) is 3.86. The summed E-state index contributed by atoms with van der Waals surface area (Å²) in [6.45, 7) is 3.14. The van der Waals surface area contributed by atoms with Crippen LogP contribution in [0.1, 0.15) is 71.1 Å². The van der Waals surface area contributed by atoms with Crippen LogP contribution >= 0.6 is 0 Å².